The van der Waals surface area contributed by atoms with Crippen molar-refractivity contribution in [3.63, 3.8) is 0 Å². The monoisotopic (exact) mass is 574 g/mol. The first-order valence-electron chi connectivity index (χ1n) is 15.2. The molecular formula is C30H50N6O5. The number of nitrogen functional groups attached to an aromatic ring is 1. The van der Waals surface area contributed by atoms with E-state index in [0.717, 1.165) is 38.5 Å². The zero-order valence-electron chi connectivity index (χ0n) is 25.1. The van der Waals surface area contributed by atoms with E-state index in [1.807, 2.05) is 13.8 Å². The van der Waals surface area contributed by atoms with E-state index in [-0.39, 0.29) is 42.5 Å². The number of unbranched alkanes of at least 4 members (excludes halogenated alkanes) is 7. The molecule has 2 aromatic rings. The fourth-order valence-corrected chi connectivity index (χ4v) is 4.42. The number of imidazole rings is 1. The second-order valence-corrected chi connectivity index (χ2v) is 10.9. The minimum atomic E-state index is -0.685. The topological polar surface area (TPSA) is 168 Å². The number of nitrogens with two attached hydrogens (primary N) is 2. The number of carbonyl (C=O) groups excluding carboxylic acids is 2. The fourth-order valence-electron chi connectivity index (χ4n) is 4.42. The number of nitrogens with zero attached hydrogens (tertiary/aromatic N) is 3. The molecule has 0 saturated carbocycles. The highest BCUT2D eigenvalue weighted by atomic mass is 16.5. The molecule has 5 N–H and O–H groups in total. The zero-order valence-corrected chi connectivity index (χ0v) is 25.1. The van der Waals surface area contributed by atoms with Crippen LogP contribution in [0, 0.1) is 11.8 Å². The summed E-state index contributed by atoms with van der Waals surface area (Å²) in [7, 11) is 0. The molecule has 0 saturated heterocycles. The molecule has 1 unspecified atom stereocenters. The van der Waals surface area contributed by atoms with Crippen LogP contribution in [0.5, 0.6) is 0 Å². The number of aromatic nitrogens is 4. The number of carbonyl (C=O) groups is 2. The van der Waals surface area contributed by atoms with Crippen molar-refractivity contribution in [2.45, 2.75) is 110 Å². The summed E-state index contributed by atoms with van der Waals surface area (Å²) in [5, 5.41) is 0. The van der Waals surface area contributed by atoms with Gasteiger partial charge in [-0.2, -0.15) is 4.98 Å². The third-order valence-electron chi connectivity index (χ3n) is 7.37. The van der Waals surface area contributed by atoms with Gasteiger partial charge in [-0.3, -0.25) is 19.4 Å². The van der Waals surface area contributed by atoms with Crippen LogP contribution in [-0.2, 0) is 25.6 Å². The average Bonchev–Trinajstić information content (AvgIpc) is 3.35. The van der Waals surface area contributed by atoms with Crippen molar-refractivity contribution in [3.8, 4) is 0 Å². The molecule has 0 bridgehead atoms. The average molecular weight is 575 g/mol. The van der Waals surface area contributed by atoms with E-state index in [4.69, 9.17) is 20.9 Å². The summed E-state index contributed by atoms with van der Waals surface area (Å²) < 4.78 is 12.7. The summed E-state index contributed by atoms with van der Waals surface area (Å²) in [4.78, 5) is 47.7. The molecule has 0 spiro atoms. The maximum Gasteiger partial charge on any atom is 0.323 e. The van der Waals surface area contributed by atoms with E-state index in [1.165, 1.54) is 32.0 Å². The minimum absolute atomic E-state index is 0.0105. The summed E-state index contributed by atoms with van der Waals surface area (Å²) in [5.74, 6) is -0.908. The van der Waals surface area contributed by atoms with Crippen LogP contribution in [0.4, 0.5) is 5.95 Å². The molecule has 2 rings (SSSR count). The number of ether oxygens (including phenoxy) is 2. The SMILES string of the molecule is CCCCC=CCCCCCCCC(=O)OCC(CCOC(=O)[C@@H](N)[C@@H](C)CC)Cn1cnc2c(=O)[nH]c(N)nc21. The Morgan fingerprint density at radius 1 is 1.07 bits per heavy atom. The van der Waals surface area contributed by atoms with Gasteiger partial charge in [0.1, 0.15) is 6.04 Å². The van der Waals surface area contributed by atoms with Gasteiger partial charge in [0.15, 0.2) is 11.2 Å². The van der Waals surface area contributed by atoms with Gasteiger partial charge in [0.05, 0.1) is 19.5 Å². The van der Waals surface area contributed by atoms with Crippen LogP contribution in [0.2, 0.25) is 0 Å². The molecule has 0 aliphatic heterocycles. The predicted octanol–water partition coefficient (Wildman–Crippen LogP) is 4.65. The molecule has 0 radical (unpaired) electrons. The van der Waals surface area contributed by atoms with E-state index in [0.29, 0.717) is 25.0 Å². The molecule has 0 aromatic carbocycles. The highest BCUT2D eigenvalue weighted by Gasteiger charge is 2.22. The zero-order chi connectivity index (χ0) is 30.0. The van der Waals surface area contributed by atoms with Crippen molar-refractivity contribution in [2.24, 2.45) is 17.6 Å². The van der Waals surface area contributed by atoms with E-state index in [1.54, 1.807) is 4.57 Å². The molecule has 230 valence electrons. The minimum Gasteiger partial charge on any atom is -0.465 e. The van der Waals surface area contributed by atoms with Crippen LogP contribution < -0.4 is 17.0 Å². The molecule has 0 fully saturated rings. The summed E-state index contributed by atoms with van der Waals surface area (Å²) in [6.07, 6.45) is 17.6. The molecule has 2 aromatic heterocycles. The molecule has 2 heterocycles. The first-order valence-corrected chi connectivity index (χ1v) is 15.2. The highest BCUT2D eigenvalue weighted by molar-refractivity contribution is 5.75. The normalized spacial score (nSPS) is 13.9. The molecule has 0 aliphatic rings. The quantitative estimate of drug-likeness (QED) is 0.109. The fraction of sp³-hybridized carbons (Fsp3) is 0.700. The first-order chi connectivity index (χ1) is 19.8. The van der Waals surface area contributed by atoms with Gasteiger partial charge >= 0.3 is 11.9 Å². The van der Waals surface area contributed by atoms with Gasteiger partial charge in [0, 0.05) is 18.9 Å². The Labute approximate surface area is 243 Å². The number of anilines is 1. The maximum absolute atomic E-state index is 12.5. The van der Waals surface area contributed by atoms with Crippen LogP contribution in [0.25, 0.3) is 11.2 Å². The summed E-state index contributed by atoms with van der Waals surface area (Å²) in [6, 6.07) is -0.685. The van der Waals surface area contributed by atoms with Crippen molar-refractivity contribution >= 4 is 29.1 Å². The number of H-pyrrole nitrogens is 1. The van der Waals surface area contributed by atoms with Gasteiger partial charge in [-0.05, 0) is 38.0 Å². The lowest BCUT2D eigenvalue weighted by molar-refractivity contribution is -0.149. The highest BCUT2D eigenvalue weighted by Crippen LogP contribution is 2.16. The van der Waals surface area contributed by atoms with Crippen molar-refractivity contribution in [1.29, 1.82) is 0 Å². The Kier molecular flexibility index (Phi) is 15.8. The van der Waals surface area contributed by atoms with Crippen LogP contribution in [-0.4, -0.2) is 50.7 Å². The number of rotatable bonds is 21. The van der Waals surface area contributed by atoms with Gasteiger partial charge in [-0.1, -0.05) is 71.4 Å². The number of hydrogen-bond donors (Lipinski definition) is 3. The summed E-state index contributed by atoms with van der Waals surface area (Å²) in [6.45, 7) is 6.69. The third kappa shape index (κ3) is 12.5. The van der Waals surface area contributed by atoms with Crippen LogP contribution in [0.1, 0.15) is 97.8 Å². The largest absolute Gasteiger partial charge is 0.465 e. The first kappa shape index (κ1) is 34.0. The number of aromatic amines is 1. The van der Waals surface area contributed by atoms with E-state index in [2.05, 4.69) is 34.0 Å². The van der Waals surface area contributed by atoms with E-state index >= 15 is 0 Å². The lowest BCUT2D eigenvalue weighted by atomic mass is 10.0. The second-order valence-electron chi connectivity index (χ2n) is 10.9. The number of hydrogen-bond acceptors (Lipinski definition) is 9. The molecule has 11 nitrogen and oxygen atoms in total. The lowest BCUT2D eigenvalue weighted by Crippen LogP contribution is -2.38. The lowest BCUT2D eigenvalue weighted by Gasteiger charge is -2.20. The third-order valence-corrected chi connectivity index (χ3v) is 7.37. The molecule has 3 atom stereocenters. The molecule has 41 heavy (non-hydrogen) atoms. The molecular weight excluding hydrogens is 524 g/mol. The standard InChI is InChI=1S/C30H50N6O5/c1-4-6-7-8-9-10-11-12-13-14-15-16-24(37)41-20-23(17-18-40-29(39)25(31)22(3)5-2)19-36-21-33-26-27(36)34-30(32)35-28(26)38/h8-9,21-23,25H,4-7,10-20,31H2,1-3H3,(H3,32,34,35,38)/t22-,23?,25-/m0/s1. The smallest absolute Gasteiger partial charge is 0.323 e. The Morgan fingerprint density at radius 2 is 1.78 bits per heavy atom. The van der Waals surface area contributed by atoms with Gasteiger partial charge in [0.25, 0.3) is 5.56 Å². The van der Waals surface area contributed by atoms with Crippen LogP contribution >= 0.6 is 0 Å². The maximum atomic E-state index is 12.5. The van der Waals surface area contributed by atoms with Crippen molar-refractivity contribution in [2.75, 3.05) is 18.9 Å². The summed E-state index contributed by atoms with van der Waals surface area (Å²) >= 11 is 0. The van der Waals surface area contributed by atoms with Crippen molar-refractivity contribution < 1.29 is 19.1 Å². The number of allylic oxidation sites excluding steroid dienone is 2. The Bertz CT molecular complexity index is 1140. The number of fused-ring (bicyclic) bond motifs is 1. The van der Waals surface area contributed by atoms with E-state index in [9.17, 15) is 14.4 Å². The summed E-state index contributed by atoms with van der Waals surface area (Å²) in [5.41, 5.74) is 11.8. The van der Waals surface area contributed by atoms with Gasteiger partial charge in [-0.15, -0.1) is 0 Å². The van der Waals surface area contributed by atoms with Gasteiger partial charge in [0.2, 0.25) is 5.95 Å². The number of nitrogens with one attached hydrogen (secondary N) is 1. The van der Waals surface area contributed by atoms with Crippen LogP contribution in [0.3, 0.4) is 0 Å². The number of esters is 2. The molecule has 11 heteroatoms. The van der Waals surface area contributed by atoms with Crippen LogP contribution in [0.15, 0.2) is 23.3 Å². The molecule has 0 aliphatic carbocycles. The van der Waals surface area contributed by atoms with E-state index < -0.39 is 17.6 Å². The molecule has 0 amide bonds. The Morgan fingerprint density at radius 3 is 2.51 bits per heavy atom. The second kappa shape index (κ2) is 19.0. The predicted molar refractivity (Wildman–Crippen MR) is 161 cm³/mol. The van der Waals surface area contributed by atoms with Gasteiger partial charge in [-0.25, -0.2) is 4.98 Å². The van der Waals surface area contributed by atoms with Crippen molar-refractivity contribution in [1.82, 2.24) is 19.5 Å². The Balaban J connectivity index is 1.84. The van der Waals surface area contributed by atoms with Crippen molar-refractivity contribution in [3.05, 3.63) is 28.8 Å². The Hall–Kier alpha value is -3.21. The van der Waals surface area contributed by atoms with Gasteiger partial charge < -0.3 is 25.5 Å².